The van der Waals surface area contributed by atoms with Gasteiger partial charge in [-0.05, 0) is 6.07 Å². The van der Waals surface area contributed by atoms with Crippen molar-refractivity contribution in [2.75, 3.05) is 6.61 Å². The third kappa shape index (κ3) is 2.46. The highest BCUT2D eigenvalue weighted by molar-refractivity contribution is 6.32. The van der Waals surface area contributed by atoms with Crippen LogP contribution in [0.1, 0.15) is 23.7 Å². The van der Waals surface area contributed by atoms with Crippen LogP contribution >= 0.6 is 11.6 Å². The Morgan fingerprint density at radius 2 is 2.42 bits per heavy atom. The van der Waals surface area contributed by atoms with Crippen molar-refractivity contribution in [3.05, 3.63) is 47.0 Å². The third-order valence-electron chi connectivity index (χ3n) is 3.47. The molecule has 0 fully saturated rings. The lowest BCUT2D eigenvalue weighted by Crippen LogP contribution is -2.27. The maximum absolute atomic E-state index is 6.17. The fourth-order valence-electron chi connectivity index (χ4n) is 2.38. The quantitative estimate of drug-likeness (QED) is 0.938. The van der Waals surface area contributed by atoms with Gasteiger partial charge in [0, 0.05) is 37.8 Å². The van der Waals surface area contributed by atoms with Gasteiger partial charge >= 0.3 is 0 Å². The van der Waals surface area contributed by atoms with Crippen LogP contribution in [-0.4, -0.2) is 16.2 Å². The van der Waals surface area contributed by atoms with Crippen LogP contribution in [0.15, 0.2) is 30.7 Å². The first-order valence-corrected chi connectivity index (χ1v) is 6.73. The van der Waals surface area contributed by atoms with Crippen LogP contribution in [0.5, 0.6) is 5.75 Å². The fourth-order valence-corrected chi connectivity index (χ4v) is 2.62. The van der Waals surface area contributed by atoms with E-state index >= 15 is 0 Å². The molecule has 2 heterocycles. The molecule has 1 aromatic heterocycles. The lowest BCUT2D eigenvalue weighted by molar-refractivity contribution is 0.252. The summed E-state index contributed by atoms with van der Waals surface area (Å²) in [5.41, 5.74) is 2.30. The van der Waals surface area contributed by atoms with E-state index < -0.39 is 0 Å². The van der Waals surface area contributed by atoms with E-state index in [1.807, 2.05) is 36.3 Å². The molecule has 0 unspecified atom stereocenters. The Bertz CT molecular complexity index is 582. The highest BCUT2D eigenvalue weighted by Gasteiger charge is 2.22. The van der Waals surface area contributed by atoms with E-state index in [9.17, 15) is 0 Å². The second-order valence-corrected chi connectivity index (χ2v) is 5.13. The minimum absolute atomic E-state index is 0.275. The molecule has 0 saturated heterocycles. The number of imidazole rings is 1. The molecule has 100 valence electrons. The monoisotopic (exact) mass is 277 g/mol. The van der Waals surface area contributed by atoms with E-state index in [0.717, 1.165) is 30.0 Å². The summed E-state index contributed by atoms with van der Waals surface area (Å²) in [6.45, 7) is 1.48. The van der Waals surface area contributed by atoms with Gasteiger partial charge < -0.3 is 14.6 Å². The van der Waals surface area contributed by atoms with E-state index in [0.29, 0.717) is 11.6 Å². The van der Waals surface area contributed by atoms with Gasteiger partial charge in [0.2, 0.25) is 0 Å². The molecule has 1 aliphatic rings. The second kappa shape index (κ2) is 5.23. The lowest BCUT2D eigenvalue weighted by Gasteiger charge is -2.27. The molecule has 0 saturated carbocycles. The van der Waals surface area contributed by atoms with Crippen LogP contribution in [0.25, 0.3) is 0 Å². The number of aromatic nitrogens is 2. The van der Waals surface area contributed by atoms with Crippen LogP contribution in [0, 0.1) is 0 Å². The van der Waals surface area contributed by atoms with Gasteiger partial charge in [0.25, 0.3) is 0 Å². The van der Waals surface area contributed by atoms with Crippen LogP contribution in [-0.2, 0) is 13.6 Å². The van der Waals surface area contributed by atoms with Gasteiger partial charge in [0.1, 0.15) is 5.75 Å². The summed E-state index contributed by atoms with van der Waals surface area (Å²) in [5, 5.41) is 4.23. The summed E-state index contributed by atoms with van der Waals surface area (Å²) in [7, 11) is 2.00. The van der Waals surface area contributed by atoms with Gasteiger partial charge in [0.05, 0.1) is 23.7 Å². The molecule has 0 bridgehead atoms. The third-order valence-corrected chi connectivity index (χ3v) is 3.77. The molecule has 1 atom stereocenters. The van der Waals surface area contributed by atoms with Crippen LogP contribution < -0.4 is 10.1 Å². The SMILES string of the molecule is Cn1cncc1CN[C@H]1CCOc2c(Cl)cccc21. The summed E-state index contributed by atoms with van der Waals surface area (Å²) >= 11 is 6.17. The zero-order valence-electron chi connectivity index (χ0n) is 10.8. The molecule has 1 N–H and O–H groups in total. The Balaban J connectivity index is 1.77. The van der Waals surface area contributed by atoms with Gasteiger partial charge in [-0.2, -0.15) is 0 Å². The molecule has 0 aliphatic carbocycles. The molecule has 2 aromatic rings. The molecule has 1 aliphatic heterocycles. The molecule has 4 nitrogen and oxygen atoms in total. The van der Waals surface area contributed by atoms with Crippen molar-refractivity contribution < 1.29 is 4.74 Å². The van der Waals surface area contributed by atoms with Crippen molar-refractivity contribution in [1.82, 2.24) is 14.9 Å². The Labute approximate surface area is 117 Å². The molecule has 0 spiro atoms. The Morgan fingerprint density at radius 1 is 1.53 bits per heavy atom. The van der Waals surface area contributed by atoms with E-state index in [-0.39, 0.29) is 6.04 Å². The van der Waals surface area contributed by atoms with Crippen molar-refractivity contribution in [2.24, 2.45) is 7.05 Å². The zero-order chi connectivity index (χ0) is 13.2. The van der Waals surface area contributed by atoms with E-state index in [4.69, 9.17) is 16.3 Å². The molecule has 5 heteroatoms. The maximum Gasteiger partial charge on any atom is 0.142 e. The van der Waals surface area contributed by atoms with Crippen molar-refractivity contribution in [1.29, 1.82) is 0 Å². The predicted octanol–water partition coefficient (Wildman–Crippen LogP) is 2.69. The Morgan fingerprint density at radius 3 is 3.21 bits per heavy atom. The summed E-state index contributed by atoms with van der Waals surface area (Å²) in [6, 6.07) is 6.18. The molecule has 3 rings (SSSR count). The number of para-hydroxylation sites is 1. The number of aryl methyl sites for hydroxylation is 1. The van der Waals surface area contributed by atoms with E-state index in [1.165, 1.54) is 0 Å². The summed E-state index contributed by atoms with van der Waals surface area (Å²) in [5.74, 6) is 0.818. The van der Waals surface area contributed by atoms with Gasteiger partial charge in [-0.3, -0.25) is 0 Å². The summed E-state index contributed by atoms with van der Waals surface area (Å²) in [4.78, 5) is 4.12. The van der Waals surface area contributed by atoms with Crippen molar-refractivity contribution >= 4 is 11.6 Å². The number of rotatable bonds is 3. The average Bonchev–Trinajstić information content (AvgIpc) is 2.82. The smallest absolute Gasteiger partial charge is 0.142 e. The molecular formula is C14H16ClN3O. The number of fused-ring (bicyclic) bond motifs is 1. The van der Waals surface area contributed by atoms with Gasteiger partial charge in [-0.15, -0.1) is 0 Å². The average molecular weight is 278 g/mol. The fraction of sp³-hybridized carbons (Fsp3) is 0.357. The lowest BCUT2D eigenvalue weighted by atomic mass is 10.0. The molecule has 0 amide bonds. The van der Waals surface area contributed by atoms with Crippen LogP contribution in [0.2, 0.25) is 5.02 Å². The number of halogens is 1. The first-order valence-electron chi connectivity index (χ1n) is 6.35. The van der Waals surface area contributed by atoms with Crippen molar-refractivity contribution in [3.8, 4) is 5.75 Å². The maximum atomic E-state index is 6.17. The topological polar surface area (TPSA) is 39.1 Å². The number of nitrogens with one attached hydrogen (secondary N) is 1. The Hall–Kier alpha value is -1.52. The minimum Gasteiger partial charge on any atom is -0.492 e. The van der Waals surface area contributed by atoms with Crippen LogP contribution in [0.4, 0.5) is 0 Å². The zero-order valence-corrected chi connectivity index (χ0v) is 11.5. The summed E-state index contributed by atoms with van der Waals surface area (Å²) in [6.07, 6.45) is 4.64. The normalized spacial score (nSPS) is 17.9. The highest BCUT2D eigenvalue weighted by atomic mass is 35.5. The minimum atomic E-state index is 0.275. The van der Waals surface area contributed by atoms with Crippen molar-refractivity contribution in [3.63, 3.8) is 0 Å². The number of benzene rings is 1. The number of hydrogen-bond acceptors (Lipinski definition) is 3. The Kier molecular flexibility index (Phi) is 3.44. The first-order chi connectivity index (χ1) is 9.25. The second-order valence-electron chi connectivity index (χ2n) is 4.72. The standard InChI is InChI=1S/C14H16ClN3O/c1-18-9-16-7-10(18)8-17-13-5-6-19-14-11(13)3-2-4-12(14)15/h2-4,7,9,13,17H,5-6,8H2,1H3/t13-/m0/s1. The van der Waals surface area contributed by atoms with Crippen LogP contribution in [0.3, 0.4) is 0 Å². The molecular weight excluding hydrogens is 262 g/mol. The van der Waals surface area contributed by atoms with E-state index in [1.54, 1.807) is 0 Å². The predicted molar refractivity (Wildman–Crippen MR) is 74.4 cm³/mol. The van der Waals surface area contributed by atoms with E-state index in [2.05, 4.69) is 16.4 Å². The number of ether oxygens (including phenoxy) is 1. The van der Waals surface area contributed by atoms with Crippen molar-refractivity contribution in [2.45, 2.75) is 19.0 Å². The highest BCUT2D eigenvalue weighted by Crippen LogP contribution is 2.37. The molecule has 1 aromatic carbocycles. The molecule has 0 radical (unpaired) electrons. The largest absolute Gasteiger partial charge is 0.492 e. The summed E-state index contributed by atoms with van der Waals surface area (Å²) < 4.78 is 7.67. The van der Waals surface area contributed by atoms with Gasteiger partial charge in [-0.25, -0.2) is 4.98 Å². The molecule has 19 heavy (non-hydrogen) atoms. The van der Waals surface area contributed by atoms with Gasteiger partial charge in [0.15, 0.2) is 0 Å². The van der Waals surface area contributed by atoms with Gasteiger partial charge in [-0.1, -0.05) is 23.7 Å². The first kappa shape index (κ1) is 12.5. The number of hydrogen-bond donors (Lipinski definition) is 1. The number of nitrogens with zero attached hydrogens (tertiary/aromatic N) is 2.